The van der Waals surface area contributed by atoms with Gasteiger partial charge in [0.15, 0.2) is 0 Å². The molecule has 0 aromatic carbocycles. The number of hydrogen-bond donors (Lipinski definition) is 1. The molecule has 0 atom stereocenters. The molecule has 82 valence electrons. The van der Waals surface area contributed by atoms with Crippen molar-refractivity contribution in [3.63, 3.8) is 0 Å². The van der Waals surface area contributed by atoms with Gasteiger partial charge in [-0.3, -0.25) is 4.79 Å². The Morgan fingerprint density at radius 2 is 2.13 bits per heavy atom. The fourth-order valence-corrected chi connectivity index (χ4v) is 2.76. The first-order chi connectivity index (χ1) is 6.97. The van der Waals surface area contributed by atoms with Crippen molar-refractivity contribution in [2.45, 2.75) is 33.6 Å². The predicted molar refractivity (Wildman–Crippen MR) is 66.1 cm³/mol. The van der Waals surface area contributed by atoms with Crippen LogP contribution in [0.25, 0.3) is 12.2 Å². The van der Waals surface area contributed by atoms with Gasteiger partial charge in [0.25, 0.3) is 0 Å². The summed E-state index contributed by atoms with van der Waals surface area (Å²) in [6.07, 6.45) is 1.34. The van der Waals surface area contributed by atoms with Gasteiger partial charge >= 0.3 is 0 Å². The summed E-state index contributed by atoms with van der Waals surface area (Å²) in [5.41, 5.74) is 7.64. The third kappa shape index (κ3) is 2.48. The molecule has 2 nitrogen and oxygen atoms in total. The summed E-state index contributed by atoms with van der Waals surface area (Å²) in [7, 11) is 0. The van der Waals surface area contributed by atoms with Crippen LogP contribution in [0.5, 0.6) is 0 Å². The Morgan fingerprint density at radius 3 is 2.60 bits per heavy atom. The normalized spacial score (nSPS) is 12.7. The van der Waals surface area contributed by atoms with Crippen LogP contribution in [0.4, 0.5) is 0 Å². The van der Waals surface area contributed by atoms with E-state index >= 15 is 0 Å². The van der Waals surface area contributed by atoms with Crippen molar-refractivity contribution in [2.24, 2.45) is 5.73 Å². The average molecular weight is 223 g/mol. The van der Waals surface area contributed by atoms with Gasteiger partial charge in [-0.2, -0.15) is 0 Å². The van der Waals surface area contributed by atoms with Gasteiger partial charge in [-0.15, -0.1) is 11.3 Å². The van der Waals surface area contributed by atoms with Crippen molar-refractivity contribution in [1.82, 2.24) is 0 Å². The van der Waals surface area contributed by atoms with Gasteiger partial charge in [-0.05, 0) is 31.1 Å². The number of rotatable bonds is 3. The molecule has 0 saturated carbocycles. The molecule has 3 heteroatoms. The predicted octanol–water partition coefficient (Wildman–Crippen LogP) is 1.08. The number of amides is 1. The third-order valence-corrected chi connectivity index (χ3v) is 4.12. The van der Waals surface area contributed by atoms with E-state index in [4.69, 9.17) is 5.73 Å². The fraction of sp³-hybridized carbons (Fsp3) is 0.417. The van der Waals surface area contributed by atoms with E-state index in [1.165, 1.54) is 10.1 Å². The molecule has 0 spiro atoms. The van der Waals surface area contributed by atoms with E-state index in [1.54, 1.807) is 11.3 Å². The summed E-state index contributed by atoms with van der Waals surface area (Å²) >= 11 is 1.65. The molecule has 0 saturated heterocycles. The zero-order chi connectivity index (χ0) is 11.6. The van der Waals surface area contributed by atoms with Crippen LogP contribution in [-0.4, -0.2) is 5.91 Å². The quantitative estimate of drug-likeness (QED) is 0.818. The van der Waals surface area contributed by atoms with Crippen LogP contribution in [0.15, 0.2) is 0 Å². The highest BCUT2D eigenvalue weighted by atomic mass is 32.1. The van der Waals surface area contributed by atoms with Crippen LogP contribution >= 0.6 is 11.3 Å². The van der Waals surface area contributed by atoms with E-state index in [0.717, 1.165) is 22.1 Å². The monoisotopic (exact) mass is 223 g/mol. The molecule has 0 fully saturated rings. The molecule has 15 heavy (non-hydrogen) atoms. The van der Waals surface area contributed by atoms with Gasteiger partial charge in [0.2, 0.25) is 5.91 Å². The Morgan fingerprint density at radius 1 is 1.53 bits per heavy atom. The molecule has 2 N–H and O–H groups in total. The third-order valence-electron chi connectivity index (χ3n) is 2.62. The van der Waals surface area contributed by atoms with E-state index < -0.39 is 0 Å². The lowest BCUT2D eigenvalue weighted by atomic mass is 10.1. The van der Waals surface area contributed by atoms with E-state index in [2.05, 4.69) is 20.4 Å². The summed E-state index contributed by atoms with van der Waals surface area (Å²) in [6, 6.07) is 0. The highest BCUT2D eigenvalue weighted by Crippen LogP contribution is 2.09. The largest absolute Gasteiger partial charge is 0.369 e. The Balaban J connectivity index is 3.37. The van der Waals surface area contributed by atoms with Crippen LogP contribution in [0.2, 0.25) is 0 Å². The van der Waals surface area contributed by atoms with Crippen molar-refractivity contribution in [3.8, 4) is 0 Å². The molecule has 1 aromatic heterocycles. The SMILES string of the molecule is C=c1c(C)c(CC(N)=O)s/c1=C(\C)CC. The lowest BCUT2D eigenvalue weighted by Crippen LogP contribution is -2.20. The summed E-state index contributed by atoms with van der Waals surface area (Å²) in [5, 5.41) is 1.05. The van der Waals surface area contributed by atoms with Gasteiger partial charge in [0.05, 0.1) is 6.42 Å². The molecule has 0 aliphatic carbocycles. The minimum atomic E-state index is -0.278. The summed E-state index contributed by atoms with van der Waals surface area (Å²) in [6.45, 7) is 10.3. The minimum absolute atomic E-state index is 0.278. The van der Waals surface area contributed by atoms with Crippen molar-refractivity contribution < 1.29 is 4.79 Å². The maximum Gasteiger partial charge on any atom is 0.222 e. The van der Waals surface area contributed by atoms with Gasteiger partial charge < -0.3 is 5.73 Å². The number of carbonyl (C=O) groups is 1. The highest BCUT2D eigenvalue weighted by Gasteiger charge is 2.07. The average Bonchev–Trinajstić information content (AvgIpc) is 2.44. The van der Waals surface area contributed by atoms with Crippen LogP contribution in [0.1, 0.15) is 30.7 Å². The van der Waals surface area contributed by atoms with Crippen LogP contribution in [0, 0.1) is 6.92 Å². The molecule has 1 amide bonds. The molecule has 1 rings (SSSR count). The molecule has 0 unspecified atom stereocenters. The van der Waals surface area contributed by atoms with Crippen molar-refractivity contribution in [3.05, 3.63) is 20.2 Å². The summed E-state index contributed by atoms with van der Waals surface area (Å²) in [5.74, 6) is -0.278. The maximum atomic E-state index is 10.9. The first-order valence-electron chi connectivity index (χ1n) is 5.02. The Bertz CT molecular complexity index is 484. The van der Waals surface area contributed by atoms with Crippen LogP contribution < -0.4 is 15.5 Å². The fourth-order valence-electron chi connectivity index (χ4n) is 1.43. The summed E-state index contributed by atoms with van der Waals surface area (Å²) < 4.78 is 1.21. The van der Waals surface area contributed by atoms with Gasteiger partial charge in [0.1, 0.15) is 0 Å². The van der Waals surface area contributed by atoms with E-state index in [-0.39, 0.29) is 5.91 Å². The standard InChI is InChI=1S/C12H17NOS/c1-5-7(2)12-9(4)8(3)10(15-12)6-11(13)14/h4-6H2,1-3H3,(H2,13,14)/b12-7+. The van der Waals surface area contributed by atoms with Crippen LogP contribution in [-0.2, 0) is 11.2 Å². The molecule has 1 aromatic rings. The molecule has 0 aliphatic rings. The molecule has 0 aliphatic heterocycles. The second-order valence-electron chi connectivity index (χ2n) is 3.73. The lowest BCUT2D eigenvalue weighted by Gasteiger charge is -1.92. The Labute approximate surface area is 94.1 Å². The molecule has 1 heterocycles. The molecular formula is C12H17NOS. The molecule has 0 bridgehead atoms. The van der Waals surface area contributed by atoms with E-state index in [0.29, 0.717) is 6.42 Å². The second kappa shape index (κ2) is 4.62. The summed E-state index contributed by atoms with van der Waals surface area (Å²) in [4.78, 5) is 11.9. The van der Waals surface area contributed by atoms with Gasteiger partial charge in [-0.25, -0.2) is 0 Å². The molecule has 0 radical (unpaired) electrons. The Kier molecular flexibility index (Phi) is 3.69. The number of thiophene rings is 1. The Hall–Kier alpha value is -1.09. The lowest BCUT2D eigenvalue weighted by molar-refractivity contribution is -0.117. The van der Waals surface area contributed by atoms with Crippen molar-refractivity contribution >= 4 is 29.4 Å². The van der Waals surface area contributed by atoms with Crippen LogP contribution in [0.3, 0.4) is 0 Å². The highest BCUT2D eigenvalue weighted by molar-refractivity contribution is 7.10. The number of hydrogen-bond acceptors (Lipinski definition) is 2. The second-order valence-corrected chi connectivity index (χ2v) is 4.84. The van der Waals surface area contributed by atoms with E-state index in [1.807, 2.05) is 6.92 Å². The number of carbonyl (C=O) groups excluding carboxylic acids is 1. The van der Waals surface area contributed by atoms with E-state index in [9.17, 15) is 4.79 Å². The number of primary amides is 1. The topological polar surface area (TPSA) is 43.1 Å². The zero-order valence-corrected chi connectivity index (χ0v) is 10.3. The maximum absolute atomic E-state index is 10.9. The van der Waals surface area contributed by atoms with Crippen molar-refractivity contribution in [1.29, 1.82) is 0 Å². The zero-order valence-electron chi connectivity index (χ0n) is 9.52. The first kappa shape index (κ1) is 12.0. The minimum Gasteiger partial charge on any atom is -0.369 e. The van der Waals surface area contributed by atoms with Gasteiger partial charge in [-0.1, -0.05) is 19.1 Å². The number of nitrogens with two attached hydrogens (primary N) is 1. The van der Waals surface area contributed by atoms with Crippen molar-refractivity contribution in [2.75, 3.05) is 0 Å². The molecular weight excluding hydrogens is 206 g/mol. The first-order valence-corrected chi connectivity index (χ1v) is 5.84. The smallest absolute Gasteiger partial charge is 0.222 e. The van der Waals surface area contributed by atoms with Gasteiger partial charge in [0, 0.05) is 9.41 Å².